The first-order valence-electron chi connectivity index (χ1n) is 9.27. The first-order chi connectivity index (χ1) is 12.3. The lowest BCUT2D eigenvalue weighted by Gasteiger charge is -2.39. The van der Waals surface area contributed by atoms with E-state index in [0.29, 0.717) is 5.41 Å². The molecule has 0 saturated carbocycles. The molecule has 1 spiro atoms. The number of hydrogen-bond acceptors (Lipinski definition) is 4. The molecule has 0 aliphatic carbocycles. The minimum atomic E-state index is -3.44. The SMILES string of the molecule is CC(C(=O)N1CCC2(CCNC2)CC1)c1ccc(S(=O)(=O)N(C)C)cc1. The van der Waals surface area contributed by atoms with Gasteiger partial charge in [-0.1, -0.05) is 12.1 Å². The number of nitrogens with one attached hydrogen (secondary N) is 1. The van der Waals surface area contributed by atoms with E-state index in [2.05, 4.69) is 5.32 Å². The Labute approximate surface area is 156 Å². The molecule has 1 amide bonds. The van der Waals surface area contributed by atoms with Crippen LogP contribution >= 0.6 is 0 Å². The van der Waals surface area contributed by atoms with Crippen LogP contribution in [-0.4, -0.2) is 63.8 Å². The third-order valence-electron chi connectivity index (χ3n) is 6.00. The molecule has 1 N–H and O–H groups in total. The molecule has 26 heavy (non-hydrogen) atoms. The summed E-state index contributed by atoms with van der Waals surface area (Å²) in [5, 5.41) is 3.44. The van der Waals surface area contributed by atoms with Crippen LogP contribution < -0.4 is 5.32 Å². The normalized spacial score (nSPS) is 21.3. The highest BCUT2D eigenvalue weighted by molar-refractivity contribution is 7.89. The summed E-state index contributed by atoms with van der Waals surface area (Å²) >= 11 is 0. The highest BCUT2D eigenvalue weighted by Crippen LogP contribution is 2.37. The van der Waals surface area contributed by atoms with Gasteiger partial charge >= 0.3 is 0 Å². The topological polar surface area (TPSA) is 69.7 Å². The van der Waals surface area contributed by atoms with Crippen LogP contribution in [0.15, 0.2) is 29.2 Å². The second-order valence-corrected chi connectivity index (χ2v) is 9.98. The second-order valence-electron chi connectivity index (χ2n) is 7.83. The van der Waals surface area contributed by atoms with E-state index in [1.807, 2.05) is 11.8 Å². The maximum atomic E-state index is 12.9. The number of benzene rings is 1. The van der Waals surface area contributed by atoms with Crippen molar-refractivity contribution in [2.24, 2.45) is 5.41 Å². The first kappa shape index (κ1) is 19.3. The molecule has 3 rings (SSSR count). The molecule has 2 heterocycles. The van der Waals surface area contributed by atoms with E-state index in [1.54, 1.807) is 24.3 Å². The molecule has 2 aliphatic heterocycles. The molecular formula is C19H29N3O3S. The van der Waals surface area contributed by atoms with Gasteiger partial charge in [0, 0.05) is 33.7 Å². The summed E-state index contributed by atoms with van der Waals surface area (Å²) in [4.78, 5) is 15.1. The number of nitrogens with zero attached hydrogens (tertiary/aromatic N) is 2. The van der Waals surface area contributed by atoms with E-state index in [9.17, 15) is 13.2 Å². The van der Waals surface area contributed by atoms with E-state index in [4.69, 9.17) is 0 Å². The van der Waals surface area contributed by atoms with Crippen LogP contribution in [0.1, 0.15) is 37.7 Å². The third-order valence-corrected chi connectivity index (χ3v) is 7.83. The van der Waals surface area contributed by atoms with Gasteiger partial charge in [0.1, 0.15) is 0 Å². The van der Waals surface area contributed by atoms with Crippen molar-refractivity contribution in [2.45, 2.75) is 37.0 Å². The van der Waals surface area contributed by atoms with E-state index >= 15 is 0 Å². The predicted octanol–water partition coefficient (Wildman–Crippen LogP) is 1.64. The maximum Gasteiger partial charge on any atom is 0.242 e. The van der Waals surface area contributed by atoms with Crippen LogP contribution in [0.5, 0.6) is 0 Å². The van der Waals surface area contributed by atoms with Gasteiger partial charge in [-0.25, -0.2) is 12.7 Å². The highest BCUT2D eigenvalue weighted by Gasteiger charge is 2.38. The van der Waals surface area contributed by atoms with Crippen molar-refractivity contribution < 1.29 is 13.2 Å². The standard InChI is InChI=1S/C19H29N3O3S/c1-15(16-4-6-17(7-5-16)26(24,25)21(2)3)18(23)22-12-9-19(10-13-22)8-11-20-14-19/h4-7,15,20H,8-14H2,1-3H3. The largest absolute Gasteiger partial charge is 0.342 e. The lowest BCUT2D eigenvalue weighted by molar-refractivity contribution is -0.134. The van der Waals surface area contributed by atoms with Gasteiger partial charge in [-0.2, -0.15) is 0 Å². The molecule has 0 aromatic heterocycles. The molecule has 144 valence electrons. The second kappa shape index (κ2) is 7.29. The molecule has 1 unspecified atom stereocenters. The Morgan fingerprint density at radius 3 is 2.27 bits per heavy atom. The number of sulfonamides is 1. The number of likely N-dealkylation sites (tertiary alicyclic amines) is 1. The van der Waals surface area contributed by atoms with Gasteiger partial charge < -0.3 is 10.2 Å². The summed E-state index contributed by atoms with van der Waals surface area (Å²) in [5.74, 6) is -0.129. The van der Waals surface area contributed by atoms with Crippen LogP contribution in [0.4, 0.5) is 0 Å². The summed E-state index contributed by atoms with van der Waals surface area (Å²) in [6.45, 7) is 5.70. The average Bonchev–Trinajstić information content (AvgIpc) is 3.09. The number of piperidine rings is 1. The summed E-state index contributed by atoms with van der Waals surface area (Å²) < 4.78 is 25.5. The van der Waals surface area contributed by atoms with Crippen molar-refractivity contribution in [3.63, 3.8) is 0 Å². The maximum absolute atomic E-state index is 12.9. The molecule has 0 bridgehead atoms. The molecule has 1 aromatic rings. The number of carbonyl (C=O) groups is 1. The van der Waals surface area contributed by atoms with Gasteiger partial charge in [-0.15, -0.1) is 0 Å². The molecule has 6 nitrogen and oxygen atoms in total. The Bertz CT molecular complexity index is 743. The van der Waals surface area contributed by atoms with Crippen LogP contribution in [0, 0.1) is 5.41 Å². The van der Waals surface area contributed by atoms with E-state index in [0.717, 1.165) is 44.6 Å². The van der Waals surface area contributed by atoms with Crippen molar-refractivity contribution in [1.29, 1.82) is 0 Å². The number of amides is 1. The predicted molar refractivity (Wildman–Crippen MR) is 101 cm³/mol. The fourth-order valence-electron chi connectivity index (χ4n) is 3.98. The molecule has 2 saturated heterocycles. The van der Waals surface area contributed by atoms with Crippen molar-refractivity contribution >= 4 is 15.9 Å². The van der Waals surface area contributed by atoms with E-state index in [1.165, 1.54) is 24.8 Å². The minimum Gasteiger partial charge on any atom is -0.342 e. The number of hydrogen-bond donors (Lipinski definition) is 1. The van der Waals surface area contributed by atoms with Crippen molar-refractivity contribution in [2.75, 3.05) is 40.3 Å². The Morgan fingerprint density at radius 1 is 1.15 bits per heavy atom. The molecule has 1 aromatic carbocycles. The first-order valence-corrected chi connectivity index (χ1v) is 10.7. The van der Waals surface area contributed by atoms with Gasteiger partial charge in [0.05, 0.1) is 10.8 Å². The molecule has 0 radical (unpaired) electrons. The number of carbonyl (C=O) groups excluding carboxylic acids is 1. The lowest BCUT2D eigenvalue weighted by atomic mass is 9.77. The number of rotatable bonds is 4. The van der Waals surface area contributed by atoms with Gasteiger partial charge in [0.25, 0.3) is 0 Å². The molecule has 7 heteroatoms. The van der Waals surface area contributed by atoms with Crippen molar-refractivity contribution in [3.05, 3.63) is 29.8 Å². The van der Waals surface area contributed by atoms with Crippen LogP contribution in [0.2, 0.25) is 0 Å². The molecular weight excluding hydrogens is 350 g/mol. The Hall–Kier alpha value is -1.44. The Kier molecular flexibility index (Phi) is 5.42. The quantitative estimate of drug-likeness (QED) is 0.864. The third kappa shape index (κ3) is 3.66. The summed E-state index contributed by atoms with van der Waals surface area (Å²) in [5.41, 5.74) is 1.25. The van der Waals surface area contributed by atoms with E-state index in [-0.39, 0.29) is 16.7 Å². The van der Waals surface area contributed by atoms with Gasteiger partial charge in [0.15, 0.2) is 0 Å². The Morgan fingerprint density at radius 2 is 1.77 bits per heavy atom. The zero-order chi connectivity index (χ0) is 18.9. The molecule has 2 aliphatic rings. The van der Waals surface area contributed by atoms with Gasteiger partial charge in [-0.3, -0.25) is 4.79 Å². The zero-order valence-electron chi connectivity index (χ0n) is 15.9. The highest BCUT2D eigenvalue weighted by atomic mass is 32.2. The van der Waals surface area contributed by atoms with Gasteiger partial charge in [0.2, 0.25) is 15.9 Å². The van der Waals surface area contributed by atoms with Crippen LogP contribution in [0.3, 0.4) is 0 Å². The molecule has 1 atom stereocenters. The van der Waals surface area contributed by atoms with Crippen LogP contribution in [0.25, 0.3) is 0 Å². The van der Waals surface area contributed by atoms with Crippen molar-refractivity contribution in [1.82, 2.24) is 14.5 Å². The molecule has 2 fully saturated rings. The van der Waals surface area contributed by atoms with Gasteiger partial charge in [-0.05, 0) is 55.8 Å². The summed E-state index contributed by atoms with van der Waals surface area (Å²) in [6.07, 6.45) is 3.35. The monoisotopic (exact) mass is 379 g/mol. The zero-order valence-corrected chi connectivity index (χ0v) is 16.7. The smallest absolute Gasteiger partial charge is 0.242 e. The summed E-state index contributed by atoms with van der Waals surface area (Å²) in [6, 6.07) is 6.68. The Balaban J connectivity index is 1.65. The average molecular weight is 380 g/mol. The minimum absolute atomic E-state index is 0.133. The van der Waals surface area contributed by atoms with E-state index < -0.39 is 10.0 Å². The van der Waals surface area contributed by atoms with Crippen LogP contribution in [-0.2, 0) is 14.8 Å². The summed E-state index contributed by atoms with van der Waals surface area (Å²) in [7, 11) is -0.416. The fourth-order valence-corrected chi connectivity index (χ4v) is 4.88. The fraction of sp³-hybridized carbons (Fsp3) is 0.632. The van der Waals surface area contributed by atoms with Crippen molar-refractivity contribution in [3.8, 4) is 0 Å². The lowest BCUT2D eigenvalue weighted by Crippen LogP contribution is -2.45.